The van der Waals surface area contributed by atoms with E-state index in [4.69, 9.17) is 4.74 Å². The molecular formula is C16H26BrN3OSi. The van der Waals surface area contributed by atoms with Crippen molar-refractivity contribution in [3.63, 3.8) is 0 Å². The summed E-state index contributed by atoms with van der Waals surface area (Å²) in [7, 11) is -1.03. The Morgan fingerprint density at radius 2 is 2.09 bits per heavy atom. The molecule has 4 nitrogen and oxygen atoms in total. The third kappa shape index (κ3) is 4.57. The van der Waals surface area contributed by atoms with E-state index in [-0.39, 0.29) is 0 Å². The monoisotopic (exact) mass is 383 g/mol. The van der Waals surface area contributed by atoms with Crippen LogP contribution in [-0.2, 0) is 11.5 Å². The van der Waals surface area contributed by atoms with Gasteiger partial charge in [-0.2, -0.15) is 0 Å². The van der Waals surface area contributed by atoms with Crippen LogP contribution < -0.4 is 5.32 Å². The smallest absolute Gasteiger partial charge is 0.143 e. The van der Waals surface area contributed by atoms with Crippen LogP contribution in [0.1, 0.15) is 13.8 Å². The van der Waals surface area contributed by atoms with Crippen LogP contribution in [0.15, 0.2) is 22.9 Å². The number of nitrogens with one attached hydrogen (secondary N) is 1. The fourth-order valence-electron chi connectivity index (χ4n) is 2.20. The standard InChI is InChI=1S/C16H26BrN3OSi/c1-12(2)19-15-13-6-7-20(16(13)18-10-14(15)17)11-21-8-9-22(3,4)5/h6-7,10,12H,8-9,11H2,1-5H3,(H,18,19). The highest BCUT2D eigenvalue weighted by atomic mass is 79.9. The average molecular weight is 384 g/mol. The summed E-state index contributed by atoms with van der Waals surface area (Å²) in [5.74, 6) is 0. The minimum atomic E-state index is -1.03. The van der Waals surface area contributed by atoms with Gasteiger partial charge in [-0.15, -0.1) is 0 Å². The molecule has 1 N–H and O–H groups in total. The summed E-state index contributed by atoms with van der Waals surface area (Å²) in [6.45, 7) is 12.7. The lowest BCUT2D eigenvalue weighted by atomic mass is 10.2. The maximum Gasteiger partial charge on any atom is 0.143 e. The van der Waals surface area contributed by atoms with Gasteiger partial charge in [-0.1, -0.05) is 19.6 Å². The predicted molar refractivity (Wildman–Crippen MR) is 100 cm³/mol. The van der Waals surface area contributed by atoms with Crippen molar-refractivity contribution >= 4 is 40.7 Å². The lowest BCUT2D eigenvalue weighted by molar-refractivity contribution is 0.0899. The second-order valence-electron chi connectivity index (χ2n) is 7.15. The zero-order valence-electron chi connectivity index (χ0n) is 14.1. The van der Waals surface area contributed by atoms with Crippen LogP contribution in [0, 0.1) is 0 Å². The first-order valence-electron chi connectivity index (χ1n) is 7.75. The summed E-state index contributed by atoms with van der Waals surface area (Å²) >= 11 is 3.58. The Kier molecular flexibility index (Phi) is 5.69. The van der Waals surface area contributed by atoms with Crippen molar-refractivity contribution in [1.82, 2.24) is 9.55 Å². The molecule has 0 unspecified atom stereocenters. The molecule has 0 aliphatic heterocycles. The highest BCUT2D eigenvalue weighted by Crippen LogP contribution is 2.31. The second kappa shape index (κ2) is 7.15. The first-order chi connectivity index (χ1) is 10.3. The number of halogens is 1. The van der Waals surface area contributed by atoms with E-state index in [0.717, 1.165) is 27.8 Å². The number of fused-ring (bicyclic) bond motifs is 1. The van der Waals surface area contributed by atoms with Gasteiger partial charge in [0.1, 0.15) is 12.4 Å². The third-order valence-corrected chi connectivity index (χ3v) is 5.71. The second-order valence-corrected chi connectivity index (χ2v) is 13.6. The summed E-state index contributed by atoms with van der Waals surface area (Å²) in [5.41, 5.74) is 2.06. The quantitative estimate of drug-likeness (QED) is 0.543. The van der Waals surface area contributed by atoms with Gasteiger partial charge >= 0.3 is 0 Å². The number of hydrogen-bond acceptors (Lipinski definition) is 3. The summed E-state index contributed by atoms with van der Waals surface area (Å²) in [4.78, 5) is 4.54. The molecule has 0 radical (unpaired) electrons. The molecule has 122 valence electrons. The molecular weight excluding hydrogens is 358 g/mol. The van der Waals surface area contributed by atoms with Crippen molar-refractivity contribution in [2.75, 3.05) is 11.9 Å². The van der Waals surface area contributed by atoms with E-state index in [1.165, 1.54) is 6.04 Å². The highest BCUT2D eigenvalue weighted by molar-refractivity contribution is 9.10. The Labute approximate surface area is 142 Å². The van der Waals surface area contributed by atoms with E-state index in [0.29, 0.717) is 12.8 Å². The van der Waals surface area contributed by atoms with Crippen LogP contribution >= 0.6 is 15.9 Å². The van der Waals surface area contributed by atoms with Gasteiger partial charge in [-0.3, -0.25) is 0 Å². The molecule has 0 amide bonds. The van der Waals surface area contributed by atoms with Gasteiger partial charge in [-0.05, 0) is 41.9 Å². The van der Waals surface area contributed by atoms with Crippen molar-refractivity contribution in [1.29, 1.82) is 0 Å². The Morgan fingerprint density at radius 1 is 1.36 bits per heavy atom. The number of ether oxygens (including phenoxy) is 1. The van der Waals surface area contributed by atoms with Crippen LogP contribution in [0.3, 0.4) is 0 Å². The Morgan fingerprint density at radius 3 is 2.73 bits per heavy atom. The van der Waals surface area contributed by atoms with Crippen molar-refractivity contribution < 1.29 is 4.74 Å². The number of nitrogens with zero attached hydrogens (tertiary/aromatic N) is 2. The molecule has 0 aromatic carbocycles. The molecule has 0 atom stereocenters. The van der Waals surface area contributed by atoms with Crippen molar-refractivity contribution in [2.24, 2.45) is 0 Å². The van der Waals surface area contributed by atoms with E-state index in [9.17, 15) is 0 Å². The van der Waals surface area contributed by atoms with Gasteiger partial charge in [0.2, 0.25) is 0 Å². The molecule has 2 aromatic rings. The molecule has 2 rings (SSSR count). The summed E-state index contributed by atoms with van der Waals surface area (Å²) in [5, 5.41) is 4.60. The lowest BCUT2D eigenvalue weighted by Gasteiger charge is -2.16. The number of rotatable bonds is 7. The largest absolute Gasteiger partial charge is 0.381 e. The van der Waals surface area contributed by atoms with Crippen LogP contribution in [-0.4, -0.2) is 30.3 Å². The fourth-order valence-corrected chi connectivity index (χ4v) is 3.38. The van der Waals surface area contributed by atoms with Crippen molar-refractivity contribution in [2.45, 2.75) is 52.3 Å². The lowest BCUT2D eigenvalue weighted by Crippen LogP contribution is -2.22. The highest BCUT2D eigenvalue weighted by Gasteiger charge is 2.14. The van der Waals surface area contributed by atoms with E-state index >= 15 is 0 Å². The molecule has 0 fully saturated rings. The first-order valence-corrected chi connectivity index (χ1v) is 12.3. The van der Waals surface area contributed by atoms with E-state index in [1.807, 2.05) is 12.4 Å². The molecule has 2 heterocycles. The Bertz CT molecular complexity index is 634. The van der Waals surface area contributed by atoms with Crippen molar-refractivity contribution in [3.05, 3.63) is 22.9 Å². The van der Waals surface area contributed by atoms with Gasteiger partial charge in [0.25, 0.3) is 0 Å². The number of pyridine rings is 1. The van der Waals surface area contributed by atoms with E-state index in [2.05, 4.69) is 70.4 Å². The normalized spacial score (nSPS) is 12.3. The number of anilines is 1. The third-order valence-electron chi connectivity index (χ3n) is 3.40. The summed E-state index contributed by atoms with van der Waals surface area (Å²) in [6, 6.07) is 3.66. The molecule has 0 aliphatic rings. The molecule has 0 aliphatic carbocycles. The molecule has 0 spiro atoms. The maximum absolute atomic E-state index is 5.84. The summed E-state index contributed by atoms with van der Waals surface area (Å²) < 4.78 is 8.90. The minimum Gasteiger partial charge on any atom is -0.381 e. The van der Waals surface area contributed by atoms with Crippen LogP contribution in [0.4, 0.5) is 5.69 Å². The molecule has 6 heteroatoms. The van der Waals surface area contributed by atoms with Crippen LogP contribution in [0.2, 0.25) is 25.7 Å². The average Bonchev–Trinajstić information content (AvgIpc) is 2.80. The van der Waals surface area contributed by atoms with Gasteiger partial charge in [0, 0.05) is 38.5 Å². The SMILES string of the molecule is CC(C)Nc1c(Br)cnc2c1ccn2COCC[Si](C)(C)C. The number of aromatic nitrogens is 2. The van der Waals surface area contributed by atoms with E-state index in [1.54, 1.807) is 0 Å². The molecule has 22 heavy (non-hydrogen) atoms. The van der Waals surface area contributed by atoms with Crippen molar-refractivity contribution in [3.8, 4) is 0 Å². The van der Waals surface area contributed by atoms with Crippen LogP contribution in [0.25, 0.3) is 11.0 Å². The van der Waals surface area contributed by atoms with Gasteiger partial charge in [0.15, 0.2) is 0 Å². The molecule has 2 aromatic heterocycles. The fraction of sp³-hybridized carbons (Fsp3) is 0.562. The first kappa shape index (κ1) is 17.5. The predicted octanol–water partition coefficient (Wildman–Crippen LogP) is 4.93. The Balaban J connectivity index is 2.12. The zero-order valence-corrected chi connectivity index (χ0v) is 16.7. The molecule has 0 bridgehead atoms. The molecule has 0 saturated heterocycles. The minimum absolute atomic E-state index is 0.373. The van der Waals surface area contributed by atoms with Gasteiger partial charge in [0.05, 0.1) is 10.2 Å². The van der Waals surface area contributed by atoms with Crippen LogP contribution in [0.5, 0.6) is 0 Å². The number of hydrogen-bond donors (Lipinski definition) is 1. The molecule has 0 saturated carbocycles. The van der Waals surface area contributed by atoms with E-state index < -0.39 is 8.07 Å². The Hall–Kier alpha value is -0.853. The van der Waals surface area contributed by atoms with Gasteiger partial charge < -0.3 is 14.6 Å². The zero-order chi connectivity index (χ0) is 16.3. The topological polar surface area (TPSA) is 39.1 Å². The van der Waals surface area contributed by atoms with Gasteiger partial charge in [-0.25, -0.2) is 4.98 Å². The maximum atomic E-state index is 5.84. The summed E-state index contributed by atoms with van der Waals surface area (Å²) in [6.07, 6.45) is 3.90.